The lowest BCUT2D eigenvalue weighted by Crippen LogP contribution is -2.27. The molecule has 0 amide bonds. The molecule has 1 aliphatic rings. The lowest BCUT2D eigenvalue weighted by molar-refractivity contribution is 0.0754. The van der Waals surface area contributed by atoms with E-state index in [0.717, 1.165) is 0 Å². The van der Waals surface area contributed by atoms with Crippen molar-refractivity contribution in [3.8, 4) is 5.75 Å². The maximum Gasteiger partial charge on any atom is 0.198 e. The Kier molecular flexibility index (Phi) is 2.75. The molecule has 0 saturated carbocycles. The van der Waals surface area contributed by atoms with Crippen LogP contribution in [0.5, 0.6) is 5.75 Å². The van der Waals surface area contributed by atoms with Gasteiger partial charge in [0.2, 0.25) is 0 Å². The predicted octanol–water partition coefficient (Wildman–Crippen LogP) is 2.40. The molecule has 2 aromatic rings. The number of aromatic hydroxyl groups is 1. The van der Waals surface area contributed by atoms with Gasteiger partial charge in [-0.1, -0.05) is 30.3 Å². The SMILES string of the molecule is CC(C)(O)c1ccc(O)c2c1C(=O)c1ccccc1C2=O. The molecule has 0 bridgehead atoms. The first-order valence-electron chi connectivity index (χ1n) is 6.59. The van der Waals surface area contributed by atoms with Crippen molar-refractivity contribution < 1.29 is 19.8 Å². The molecule has 3 rings (SSSR count). The number of phenols is 1. The largest absolute Gasteiger partial charge is 0.507 e. The molecule has 0 spiro atoms. The topological polar surface area (TPSA) is 74.6 Å². The molecule has 0 aromatic heterocycles. The zero-order valence-corrected chi connectivity index (χ0v) is 11.7. The Labute approximate surface area is 121 Å². The molecule has 106 valence electrons. The van der Waals surface area contributed by atoms with E-state index in [0.29, 0.717) is 11.1 Å². The highest BCUT2D eigenvalue weighted by Crippen LogP contribution is 2.38. The fourth-order valence-corrected chi connectivity index (χ4v) is 2.72. The van der Waals surface area contributed by atoms with Crippen molar-refractivity contribution in [2.45, 2.75) is 19.4 Å². The summed E-state index contributed by atoms with van der Waals surface area (Å²) in [5.41, 5.74) is -0.322. The summed E-state index contributed by atoms with van der Waals surface area (Å²) >= 11 is 0. The molecule has 4 heteroatoms. The third-order valence-corrected chi connectivity index (χ3v) is 3.71. The van der Waals surface area contributed by atoms with E-state index in [4.69, 9.17) is 0 Å². The number of benzene rings is 2. The van der Waals surface area contributed by atoms with Crippen molar-refractivity contribution in [1.82, 2.24) is 0 Å². The number of ketones is 2. The van der Waals surface area contributed by atoms with Crippen LogP contribution < -0.4 is 0 Å². The molecule has 0 saturated heterocycles. The van der Waals surface area contributed by atoms with Crippen LogP contribution in [-0.2, 0) is 5.60 Å². The summed E-state index contributed by atoms with van der Waals surface area (Å²) in [6, 6.07) is 9.32. The summed E-state index contributed by atoms with van der Waals surface area (Å²) in [5.74, 6) is -0.997. The van der Waals surface area contributed by atoms with Crippen LogP contribution in [0.3, 0.4) is 0 Å². The van der Waals surface area contributed by atoms with Crippen molar-refractivity contribution in [2.75, 3.05) is 0 Å². The van der Waals surface area contributed by atoms with Crippen molar-refractivity contribution in [3.63, 3.8) is 0 Å². The minimum Gasteiger partial charge on any atom is -0.507 e. The molecule has 0 unspecified atom stereocenters. The third-order valence-electron chi connectivity index (χ3n) is 3.71. The van der Waals surface area contributed by atoms with E-state index >= 15 is 0 Å². The highest BCUT2D eigenvalue weighted by molar-refractivity contribution is 6.29. The maximum atomic E-state index is 12.7. The van der Waals surface area contributed by atoms with Crippen molar-refractivity contribution in [3.05, 3.63) is 64.2 Å². The molecular formula is C17H14O4. The van der Waals surface area contributed by atoms with Gasteiger partial charge in [-0.3, -0.25) is 9.59 Å². The number of hydrogen-bond donors (Lipinski definition) is 2. The zero-order valence-electron chi connectivity index (χ0n) is 11.7. The van der Waals surface area contributed by atoms with Gasteiger partial charge in [-0.05, 0) is 25.5 Å². The van der Waals surface area contributed by atoms with Gasteiger partial charge in [-0.25, -0.2) is 0 Å². The Morgan fingerprint density at radius 1 is 0.857 bits per heavy atom. The van der Waals surface area contributed by atoms with Gasteiger partial charge in [0.15, 0.2) is 11.6 Å². The van der Waals surface area contributed by atoms with Gasteiger partial charge in [0.1, 0.15) is 5.75 Å². The second kappa shape index (κ2) is 4.27. The number of hydrogen-bond acceptors (Lipinski definition) is 4. The van der Waals surface area contributed by atoms with Gasteiger partial charge < -0.3 is 10.2 Å². The molecule has 0 heterocycles. The van der Waals surface area contributed by atoms with Crippen molar-refractivity contribution >= 4 is 11.6 Å². The first-order chi connectivity index (χ1) is 9.82. The second-order valence-electron chi connectivity index (χ2n) is 5.65. The van der Waals surface area contributed by atoms with Gasteiger partial charge >= 0.3 is 0 Å². The highest BCUT2D eigenvalue weighted by Gasteiger charge is 2.36. The standard InChI is InChI=1S/C17H14O4/c1-17(2,21)11-7-8-12(18)14-13(11)15(19)9-5-3-4-6-10(9)16(14)20/h3-8,18,21H,1-2H3. The number of rotatable bonds is 1. The lowest BCUT2D eigenvalue weighted by atomic mass is 9.78. The summed E-state index contributed by atoms with van der Waals surface area (Å²) < 4.78 is 0. The molecule has 0 radical (unpaired) electrons. The lowest BCUT2D eigenvalue weighted by Gasteiger charge is -2.26. The summed E-state index contributed by atoms with van der Waals surface area (Å²) in [5, 5.41) is 20.2. The number of phenolic OH excluding ortho intramolecular Hbond substituents is 1. The Bertz CT molecular complexity index is 782. The van der Waals surface area contributed by atoms with E-state index in [1.54, 1.807) is 24.3 Å². The molecule has 21 heavy (non-hydrogen) atoms. The smallest absolute Gasteiger partial charge is 0.198 e. The Morgan fingerprint density at radius 2 is 1.38 bits per heavy atom. The molecule has 4 nitrogen and oxygen atoms in total. The van der Waals surface area contributed by atoms with Crippen LogP contribution in [0, 0.1) is 0 Å². The van der Waals surface area contributed by atoms with Gasteiger partial charge in [0.25, 0.3) is 0 Å². The van der Waals surface area contributed by atoms with E-state index in [1.165, 1.54) is 26.0 Å². The van der Waals surface area contributed by atoms with Crippen LogP contribution in [0.2, 0.25) is 0 Å². The van der Waals surface area contributed by atoms with Crippen LogP contribution in [-0.4, -0.2) is 21.8 Å². The summed E-state index contributed by atoms with van der Waals surface area (Å²) in [7, 11) is 0. The molecule has 0 atom stereocenters. The summed E-state index contributed by atoms with van der Waals surface area (Å²) in [6.45, 7) is 3.08. The van der Waals surface area contributed by atoms with Crippen LogP contribution in [0.4, 0.5) is 0 Å². The van der Waals surface area contributed by atoms with Gasteiger partial charge in [0.05, 0.1) is 11.2 Å². The predicted molar refractivity (Wildman–Crippen MR) is 76.7 cm³/mol. The fourth-order valence-electron chi connectivity index (χ4n) is 2.72. The van der Waals surface area contributed by atoms with Gasteiger partial charge in [-0.2, -0.15) is 0 Å². The van der Waals surface area contributed by atoms with Crippen molar-refractivity contribution in [1.29, 1.82) is 0 Å². The molecule has 2 N–H and O–H groups in total. The minimum atomic E-state index is -1.29. The van der Waals surface area contributed by atoms with E-state index in [2.05, 4.69) is 0 Å². The zero-order chi connectivity index (χ0) is 15.4. The molecule has 0 aliphatic heterocycles. The Hall–Kier alpha value is -2.46. The molecule has 0 fully saturated rings. The summed E-state index contributed by atoms with van der Waals surface area (Å²) in [4.78, 5) is 25.3. The molecule has 1 aliphatic carbocycles. The number of carbonyl (C=O) groups is 2. The van der Waals surface area contributed by atoms with E-state index in [-0.39, 0.29) is 28.2 Å². The first kappa shape index (κ1) is 13.5. The second-order valence-corrected chi connectivity index (χ2v) is 5.65. The van der Waals surface area contributed by atoms with E-state index < -0.39 is 11.4 Å². The van der Waals surface area contributed by atoms with Crippen molar-refractivity contribution in [2.24, 2.45) is 0 Å². The third kappa shape index (κ3) is 1.87. The number of carbonyl (C=O) groups excluding carboxylic acids is 2. The fraction of sp³-hybridized carbons (Fsp3) is 0.176. The average Bonchev–Trinajstić information content (AvgIpc) is 2.43. The van der Waals surface area contributed by atoms with Gasteiger partial charge in [-0.15, -0.1) is 0 Å². The molecule has 2 aromatic carbocycles. The average molecular weight is 282 g/mol. The van der Waals surface area contributed by atoms with Crippen LogP contribution in [0.25, 0.3) is 0 Å². The van der Waals surface area contributed by atoms with E-state index in [9.17, 15) is 19.8 Å². The van der Waals surface area contributed by atoms with Crippen LogP contribution in [0.1, 0.15) is 51.3 Å². The number of aliphatic hydroxyl groups is 1. The van der Waals surface area contributed by atoms with E-state index in [1.807, 2.05) is 0 Å². The van der Waals surface area contributed by atoms with Crippen LogP contribution >= 0.6 is 0 Å². The maximum absolute atomic E-state index is 12.7. The molecular weight excluding hydrogens is 268 g/mol. The quantitative estimate of drug-likeness (QED) is 0.718. The number of fused-ring (bicyclic) bond motifs is 2. The normalized spacial score (nSPS) is 13.9. The van der Waals surface area contributed by atoms with Crippen LogP contribution in [0.15, 0.2) is 36.4 Å². The Morgan fingerprint density at radius 3 is 1.90 bits per heavy atom. The summed E-state index contributed by atoms with van der Waals surface area (Å²) in [6.07, 6.45) is 0. The van der Waals surface area contributed by atoms with Gasteiger partial charge in [0, 0.05) is 16.7 Å². The Balaban J connectivity index is 2.40. The first-order valence-corrected chi connectivity index (χ1v) is 6.59. The minimum absolute atomic E-state index is 0.0293. The monoisotopic (exact) mass is 282 g/mol. The highest BCUT2D eigenvalue weighted by atomic mass is 16.3.